The molecule has 0 N–H and O–H groups in total. The molecule has 1 fully saturated rings. The second-order valence-electron chi connectivity index (χ2n) is 4.11. The average molecular weight is 238 g/mol. The zero-order valence-electron chi connectivity index (χ0n) is 10.8. The fourth-order valence-corrected chi connectivity index (χ4v) is 1.51. The van der Waals surface area contributed by atoms with Crippen LogP contribution in [0.2, 0.25) is 0 Å². The molecule has 1 saturated carbocycles. The van der Waals surface area contributed by atoms with Crippen LogP contribution in [-0.2, 0) is 14.3 Å². The second kappa shape index (κ2) is 9.82. The quantitative estimate of drug-likeness (QED) is 0.431. The first-order valence-corrected chi connectivity index (χ1v) is 6.04. The topological polar surface area (TPSA) is 43.4 Å². The third-order valence-electron chi connectivity index (χ3n) is 2.45. The number of carbonyl (C=O) groups excluding carboxylic acids is 2. The van der Waals surface area contributed by atoms with Crippen molar-refractivity contribution in [2.24, 2.45) is 0 Å². The third kappa shape index (κ3) is 8.43. The summed E-state index contributed by atoms with van der Waals surface area (Å²) in [4.78, 5) is 20.4. The molecular formula is C14H22O3. The lowest BCUT2D eigenvalue weighted by atomic mass is 9.98. The van der Waals surface area contributed by atoms with Gasteiger partial charge in [0.05, 0.1) is 0 Å². The van der Waals surface area contributed by atoms with Gasteiger partial charge < -0.3 is 4.74 Å². The molecule has 0 aromatic rings. The summed E-state index contributed by atoms with van der Waals surface area (Å²) in [5.41, 5.74) is 0.501. The molecule has 1 aliphatic carbocycles. The molecule has 3 nitrogen and oxygen atoms in total. The molecule has 0 aromatic heterocycles. The molecule has 0 radical (unpaired) electrons. The largest absolute Gasteiger partial charge is 0.459 e. The van der Waals surface area contributed by atoms with Gasteiger partial charge in [0, 0.05) is 5.57 Å². The number of rotatable bonds is 3. The third-order valence-corrected chi connectivity index (χ3v) is 2.45. The van der Waals surface area contributed by atoms with E-state index in [9.17, 15) is 9.59 Å². The Morgan fingerprint density at radius 3 is 2.24 bits per heavy atom. The number of esters is 1. The van der Waals surface area contributed by atoms with Gasteiger partial charge in [-0.15, -0.1) is 0 Å². The number of hydrogen-bond donors (Lipinski definition) is 0. The molecule has 96 valence electrons. The van der Waals surface area contributed by atoms with Crippen LogP contribution >= 0.6 is 0 Å². The molecule has 0 aliphatic heterocycles. The number of ether oxygens (including phenoxy) is 1. The van der Waals surface area contributed by atoms with Crippen LogP contribution in [0.1, 0.15) is 46.0 Å². The van der Waals surface area contributed by atoms with Crippen molar-refractivity contribution in [3.05, 3.63) is 24.3 Å². The average Bonchev–Trinajstić information content (AvgIpc) is 2.32. The Kier molecular flexibility index (Phi) is 9.02. The van der Waals surface area contributed by atoms with Crippen LogP contribution in [0, 0.1) is 0 Å². The fraction of sp³-hybridized carbons (Fsp3) is 0.571. The maximum Gasteiger partial charge on any atom is 0.333 e. The van der Waals surface area contributed by atoms with E-state index in [-0.39, 0.29) is 12.1 Å². The molecule has 0 bridgehead atoms. The molecule has 0 aromatic carbocycles. The number of carbonyl (C=O) groups is 2. The highest BCUT2D eigenvalue weighted by molar-refractivity contribution is 5.87. The summed E-state index contributed by atoms with van der Waals surface area (Å²) in [5, 5.41) is 0. The standard InChI is InChI=1S/C10H16O2.C4H6O/c1-8(2)10(11)12-9-6-4-3-5-7-9;1-2-3-4-5/h9H,1,3-7H2,2H3;2-4H,1H3. The molecule has 0 heterocycles. The SMILES string of the molecule is C=C(C)C(=O)OC1CCCCC1.CC=CC=O. The normalized spacial score (nSPS) is 15.9. The van der Waals surface area contributed by atoms with E-state index in [0.717, 1.165) is 19.1 Å². The Balaban J connectivity index is 0.000000437. The van der Waals surface area contributed by atoms with Crippen LogP contribution in [-0.4, -0.2) is 18.4 Å². The first-order valence-electron chi connectivity index (χ1n) is 6.04. The van der Waals surface area contributed by atoms with E-state index in [2.05, 4.69) is 6.58 Å². The van der Waals surface area contributed by atoms with Crippen LogP contribution in [0.3, 0.4) is 0 Å². The highest BCUT2D eigenvalue weighted by Gasteiger charge is 2.17. The van der Waals surface area contributed by atoms with Crippen molar-refractivity contribution in [1.82, 2.24) is 0 Å². The molecule has 3 heteroatoms. The molecule has 0 spiro atoms. The first kappa shape index (κ1) is 15.6. The van der Waals surface area contributed by atoms with Gasteiger partial charge >= 0.3 is 5.97 Å². The van der Waals surface area contributed by atoms with Gasteiger partial charge in [-0.1, -0.05) is 19.1 Å². The van der Waals surface area contributed by atoms with Gasteiger partial charge in [-0.2, -0.15) is 0 Å². The molecule has 17 heavy (non-hydrogen) atoms. The van der Waals surface area contributed by atoms with Gasteiger partial charge in [-0.3, -0.25) is 4.79 Å². The van der Waals surface area contributed by atoms with E-state index in [0.29, 0.717) is 5.57 Å². The fourth-order valence-electron chi connectivity index (χ4n) is 1.51. The van der Waals surface area contributed by atoms with Gasteiger partial charge in [-0.05, 0) is 45.6 Å². The van der Waals surface area contributed by atoms with Crippen LogP contribution in [0.5, 0.6) is 0 Å². The number of allylic oxidation sites excluding steroid dienone is 2. The van der Waals surface area contributed by atoms with Crippen molar-refractivity contribution in [2.45, 2.75) is 52.1 Å². The van der Waals surface area contributed by atoms with E-state index in [4.69, 9.17) is 4.74 Å². The van der Waals surface area contributed by atoms with Gasteiger partial charge in [-0.25, -0.2) is 4.79 Å². The minimum absolute atomic E-state index is 0.156. The summed E-state index contributed by atoms with van der Waals surface area (Å²) in [6.07, 6.45) is 9.75. The highest BCUT2D eigenvalue weighted by Crippen LogP contribution is 2.20. The number of hydrogen-bond acceptors (Lipinski definition) is 3. The lowest BCUT2D eigenvalue weighted by Crippen LogP contribution is -2.20. The summed E-state index contributed by atoms with van der Waals surface area (Å²) in [6, 6.07) is 0. The molecule has 0 amide bonds. The maximum absolute atomic E-state index is 11.1. The molecule has 1 aliphatic rings. The molecule has 1 rings (SSSR count). The van der Waals surface area contributed by atoms with E-state index < -0.39 is 0 Å². The van der Waals surface area contributed by atoms with Crippen molar-refractivity contribution < 1.29 is 14.3 Å². The Morgan fingerprint density at radius 2 is 1.88 bits per heavy atom. The lowest BCUT2D eigenvalue weighted by Gasteiger charge is -2.21. The van der Waals surface area contributed by atoms with Crippen molar-refractivity contribution >= 4 is 12.3 Å². The predicted molar refractivity (Wildman–Crippen MR) is 68.7 cm³/mol. The zero-order chi connectivity index (χ0) is 13.1. The zero-order valence-corrected chi connectivity index (χ0v) is 10.8. The van der Waals surface area contributed by atoms with E-state index >= 15 is 0 Å². The first-order chi connectivity index (χ1) is 8.11. The minimum Gasteiger partial charge on any atom is -0.459 e. The number of aldehydes is 1. The van der Waals surface area contributed by atoms with E-state index in [1.807, 2.05) is 0 Å². The van der Waals surface area contributed by atoms with E-state index in [1.165, 1.54) is 25.3 Å². The molecule has 0 saturated heterocycles. The van der Waals surface area contributed by atoms with Crippen molar-refractivity contribution in [3.63, 3.8) is 0 Å². The maximum atomic E-state index is 11.1. The molecule has 0 unspecified atom stereocenters. The van der Waals surface area contributed by atoms with Crippen molar-refractivity contribution in [1.29, 1.82) is 0 Å². The summed E-state index contributed by atoms with van der Waals surface area (Å²) in [6.45, 7) is 7.03. The van der Waals surface area contributed by atoms with Crippen LogP contribution in [0.15, 0.2) is 24.3 Å². The monoisotopic (exact) mass is 238 g/mol. The van der Waals surface area contributed by atoms with Crippen molar-refractivity contribution in [3.8, 4) is 0 Å². The molecule has 0 atom stereocenters. The Hall–Kier alpha value is -1.38. The van der Waals surface area contributed by atoms with Crippen LogP contribution in [0.25, 0.3) is 0 Å². The smallest absolute Gasteiger partial charge is 0.333 e. The van der Waals surface area contributed by atoms with Crippen LogP contribution < -0.4 is 0 Å². The van der Waals surface area contributed by atoms with Gasteiger partial charge in [0.1, 0.15) is 12.4 Å². The minimum atomic E-state index is -0.234. The Morgan fingerprint density at radius 1 is 1.29 bits per heavy atom. The highest BCUT2D eigenvalue weighted by atomic mass is 16.5. The van der Waals surface area contributed by atoms with Gasteiger partial charge in [0.2, 0.25) is 0 Å². The Bertz CT molecular complexity index is 273. The summed E-state index contributed by atoms with van der Waals surface area (Å²) in [7, 11) is 0. The Labute approximate surface area is 104 Å². The summed E-state index contributed by atoms with van der Waals surface area (Å²) < 4.78 is 5.21. The van der Waals surface area contributed by atoms with Crippen LogP contribution in [0.4, 0.5) is 0 Å². The summed E-state index contributed by atoms with van der Waals surface area (Å²) in [5.74, 6) is -0.234. The van der Waals surface area contributed by atoms with Crippen molar-refractivity contribution in [2.75, 3.05) is 0 Å². The molecular weight excluding hydrogens is 216 g/mol. The van der Waals surface area contributed by atoms with Gasteiger partial charge in [0.25, 0.3) is 0 Å². The van der Waals surface area contributed by atoms with Gasteiger partial charge in [0.15, 0.2) is 0 Å². The predicted octanol–water partition coefficient (Wildman–Crippen LogP) is 3.20. The lowest BCUT2D eigenvalue weighted by molar-refractivity contribution is -0.145. The van der Waals surface area contributed by atoms with E-state index in [1.54, 1.807) is 19.9 Å². The second-order valence-corrected chi connectivity index (χ2v) is 4.11. The summed E-state index contributed by atoms with van der Waals surface area (Å²) >= 11 is 0.